The number of carbonyl (C=O) groups excluding carboxylic acids is 1. The van der Waals surface area contributed by atoms with Crippen molar-refractivity contribution in [3.05, 3.63) is 58.5 Å². The number of nitrogens with two attached hydrogens (primary N) is 1. The smallest absolute Gasteiger partial charge is 0.250 e. The van der Waals surface area contributed by atoms with Gasteiger partial charge in [0.2, 0.25) is 5.91 Å². The van der Waals surface area contributed by atoms with Gasteiger partial charge in [-0.25, -0.2) is 9.37 Å². The third kappa shape index (κ3) is 3.99. The molecule has 6 heteroatoms. The highest BCUT2D eigenvalue weighted by Crippen LogP contribution is 2.34. The van der Waals surface area contributed by atoms with Crippen molar-refractivity contribution in [1.29, 1.82) is 0 Å². The normalized spacial score (nSPS) is 13.8. The van der Waals surface area contributed by atoms with Crippen LogP contribution in [0.25, 0.3) is 0 Å². The van der Waals surface area contributed by atoms with Crippen molar-refractivity contribution in [3.8, 4) is 0 Å². The van der Waals surface area contributed by atoms with Crippen molar-refractivity contribution in [2.45, 2.75) is 19.4 Å². The lowest BCUT2D eigenvalue weighted by Crippen LogP contribution is -2.26. The Labute approximate surface area is 139 Å². The average molecular weight is 334 g/mol. The molecule has 23 heavy (non-hydrogen) atoms. The number of hydrogen-bond donors (Lipinski definition) is 1. The third-order valence-electron chi connectivity index (χ3n) is 3.87. The Morgan fingerprint density at radius 3 is 2.61 bits per heavy atom. The summed E-state index contributed by atoms with van der Waals surface area (Å²) in [6.07, 6.45) is 3.82. The zero-order chi connectivity index (χ0) is 16.4. The molecule has 0 bridgehead atoms. The van der Waals surface area contributed by atoms with Gasteiger partial charge in [0.05, 0.1) is 10.6 Å². The van der Waals surface area contributed by atoms with Crippen LogP contribution in [0.15, 0.2) is 36.5 Å². The van der Waals surface area contributed by atoms with Gasteiger partial charge in [-0.15, -0.1) is 0 Å². The Hall–Kier alpha value is -2.14. The molecule has 1 fully saturated rings. The van der Waals surface area contributed by atoms with Crippen molar-refractivity contribution in [1.82, 2.24) is 4.98 Å². The van der Waals surface area contributed by atoms with E-state index < -0.39 is 5.91 Å². The van der Waals surface area contributed by atoms with Crippen LogP contribution in [0.4, 0.5) is 10.2 Å². The van der Waals surface area contributed by atoms with Crippen LogP contribution in [0.2, 0.25) is 5.02 Å². The Morgan fingerprint density at radius 2 is 2.04 bits per heavy atom. The van der Waals surface area contributed by atoms with Crippen LogP contribution in [0.5, 0.6) is 0 Å². The topological polar surface area (TPSA) is 59.2 Å². The lowest BCUT2D eigenvalue weighted by molar-refractivity contribution is 0.1000. The minimum absolute atomic E-state index is 0.260. The molecule has 0 radical (unpaired) electrons. The minimum Gasteiger partial charge on any atom is -0.366 e. The number of halogens is 2. The highest BCUT2D eigenvalue weighted by molar-refractivity contribution is 6.33. The van der Waals surface area contributed by atoms with E-state index in [1.54, 1.807) is 12.1 Å². The molecule has 1 aromatic carbocycles. The van der Waals surface area contributed by atoms with E-state index in [0.717, 1.165) is 12.1 Å². The predicted octanol–water partition coefficient (Wildman–Crippen LogP) is 3.39. The van der Waals surface area contributed by atoms with Crippen LogP contribution in [-0.4, -0.2) is 17.4 Å². The van der Waals surface area contributed by atoms with E-state index in [4.69, 9.17) is 17.3 Å². The van der Waals surface area contributed by atoms with Gasteiger partial charge in [-0.05, 0) is 42.5 Å². The molecule has 1 aliphatic rings. The number of pyridine rings is 1. The first kappa shape index (κ1) is 15.7. The van der Waals surface area contributed by atoms with Crippen molar-refractivity contribution in [2.24, 2.45) is 11.7 Å². The number of nitrogens with zero attached hydrogens (tertiary/aromatic N) is 2. The van der Waals surface area contributed by atoms with E-state index in [9.17, 15) is 9.18 Å². The number of aromatic nitrogens is 1. The molecule has 1 aliphatic carbocycles. The molecule has 1 amide bonds. The predicted molar refractivity (Wildman–Crippen MR) is 87.9 cm³/mol. The van der Waals surface area contributed by atoms with Crippen molar-refractivity contribution in [2.75, 3.05) is 11.4 Å². The molecular formula is C17H17ClFN3O. The second kappa shape index (κ2) is 6.54. The number of hydrogen-bond acceptors (Lipinski definition) is 3. The lowest BCUT2D eigenvalue weighted by Gasteiger charge is -2.25. The van der Waals surface area contributed by atoms with Crippen molar-refractivity contribution in [3.63, 3.8) is 0 Å². The molecule has 1 saturated carbocycles. The van der Waals surface area contributed by atoms with Gasteiger partial charge in [0.15, 0.2) is 0 Å². The van der Waals surface area contributed by atoms with Crippen LogP contribution in [-0.2, 0) is 6.54 Å². The van der Waals surface area contributed by atoms with E-state index in [-0.39, 0.29) is 11.4 Å². The SMILES string of the molecule is NC(=O)c1cnc(N(Cc2ccc(F)cc2)CC2CC2)c(Cl)c1. The molecule has 0 aliphatic heterocycles. The van der Waals surface area contributed by atoms with Crippen molar-refractivity contribution < 1.29 is 9.18 Å². The van der Waals surface area contributed by atoms with Gasteiger partial charge in [-0.2, -0.15) is 0 Å². The lowest BCUT2D eigenvalue weighted by atomic mass is 10.2. The molecule has 1 aromatic heterocycles. The molecule has 2 aromatic rings. The van der Waals surface area contributed by atoms with Crippen LogP contribution >= 0.6 is 11.6 Å². The fourth-order valence-electron chi connectivity index (χ4n) is 2.45. The zero-order valence-corrected chi connectivity index (χ0v) is 13.3. The number of rotatable bonds is 6. The summed E-state index contributed by atoms with van der Waals surface area (Å²) >= 11 is 6.29. The zero-order valence-electron chi connectivity index (χ0n) is 12.5. The van der Waals surface area contributed by atoms with E-state index in [1.165, 1.54) is 37.2 Å². The summed E-state index contributed by atoms with van der Waals surface area (Å²) in [4.78, 5) is 17.6. The molecule has 2 N–H and O–H groups in total. The Kier molecular flexibility index (Phi) is 4.48. The maximum atomic E-state index is 13.1. The average Bonchev–Trinajstić information content (AvgIpc) is 3.33. The van der Waals surface area contributed by atoms with E-state index >= 15 is 0 Å². The summed E-state index contributed by atoms with van der Waals surface area (Å²) in [5, 5.41) is 0.393. The Balaban J connectivity index is 1.86. The first-order valence-electron chi connectivity index (χ1n) is 7.47. The number of anilines is 1. The molecule has 1 heterocycles. The van der Waals surface area contributed by atoms with Gasteiger partial charge < -0.3 is 10.6 Å². The molecule has 3 rings (SSSR count). The maximum absolute atomic E-state index is 13.1. The largest absolute Gasteiger partial charge is 0.366 e. The molecular weight excluding hydrogens is 317 g/mol. The van der Waals surface area contributed by atoms with Gasteiger partial charge in [-0.3, -0.25) is 4.79 Å². The van der Waals surface area contributed by atoms with Gasteiger partial charge in [0.1, 0.15) is 11.6 Å². The second-order valence-corrected chi connectivity index (χ2v) is 6.25. The van der Waals surface area contributed by atoms with Crippen LogP contribution in [0, 0.1) is 11.7 Å². The Morgan fingerprint density at radius 1 is 1.35 bits per heavy atom. The summed E-state index contributed by atoms with van der Waals surface area (Å²) in [5.74, 6) is 0.430. The maximum Gasteiger partial charge on any atom is 0.250 e. The highest BCUT2D eigenvalue weighted by atomic mass is 35.5. The first-order valence-corrected chi connectivity index (χ1v) is 7.85. The van der Waals surface area contributed by atoms with E-state index in [1.807, 2.05) is 0 Å². The number of carbonyl (C=O) groups is 1. The summed E-state index contributed by atoms with van der Waals surface area (Å²) in [6, 6.07) is 7.92. The fourth-order valence-corrected chi connectivity index (χ4v) is 2.73. The fraction of sp³-hybridized carbons (Fsp3) is 0.294. The minimum atomic E-state index is -0.557. The summed E-state index contributed by atoms with van der Waals surface area (Å²) in [5.41, 5.74) is 6.51. The summed E-state index contributed by atoms with van der Waals surface area (Å²) < 4.78 is 13.1. The summed E-state index contributed by atoms with van der Waals surface area (Å²) in [7, 11) is 0. The third-order valence-corrected chi connectivity index (χ3v) is 4.15. The molecule has 0 saturated heterocycles. The van der Waals surface area contributed by atoms with Crippen LogP contribution in [0.1, 0.15) is 28.8 Å². The second-order valence-electron chi connectivity index (χ2n) is 5.84. The number of primary amides is 1. The molecule has 120 valence electrons. The van der Waals surface area contributed by atoms with Gasteiger partial charge >= 0.3 is 0 Å². The van der Waals surface area contributed by atoms with Gasteiger partial charge in [0, 0.05) is 19.3 Å². The van der Waals surface area contributed by atoms with Crippen LogP contribution in [0.3, 0.4) is 0 Å². The monoisotopic (exact) mass is 333 g/mol. The van der Waals surface area contributed by atoms with Gasteiger partial charge in [0.25, 0.3) is 0 Å². The molecule has 0 unspecified atom stereocenters. The van der Waals surface area contributed by atoms with Crippen molar-refractivity contribution >= 4 is 23.3 Å². The van der Waals surface area contributed by atoms with Gasteiger partial charge in [-0.1, -0.05) is 23.7 Å². The molecule has 0 atom stereocenters. The highest BCUT2D eigenvalue weighted by Gasteiger charge is 2.26. The first-order chi connectivity index (χ1) is 11.0. The van der Waals surface area contributed by atoms with E-state index in [0.29, 0.717) is 23.3 Å². The standard InChI is InChI=1S/C17H17ClFN3O/c18-15-7-13(16(20)23)8-21-17(15)22(9-11-1-2-11)10-12-3-5-14(19)6-4-12/h3-8,11H,1-2,9-10H2,(H2,20,23). The quantitative estimate of drug-likeness (QED) is 0.881. The number of benzene rings is 1. The van der Waals surface area contributed by atoms with Crippen LogP contribution < -0.4 is 10.6 Å². The molecule has 0 spiro atoms. The summed E-state index contributed by atoms with van der Waals surface area (Å²) in [6.45, 7) is 1.42. The number of amides is 1. The Bertz CT molecular complexity index is 716. The molecule has 4 nitrogen and oxygen atoms in total. The van der Waals surface area contributed by atoms with E-state index in [2.05, 4.69) is 9.88 Å².